The van der Waals surface area contributed by atoms with E-state index in [1.54, 1.807) is 0 Å². The highest BCUT2D eigenvalue weighted by Gasteiger charge is 2.07. The number of halogens is 1. The molecule has 0 atom stereocenters. The van der Waals surface area contributed by atoms with Crippen LogP contribution >= 0.6 is 11.6 Å². The number of nitrogens with zero attached hydrogens (tertiary/aromatic N) is 1. The van der Waals surface area contributed by atoms with Crippen molar-refractivity contribution in [2.45, 2.75) is 13.3 Å². The van der Waals surface area contributed by atoms with E-state index in [1.807, 2.05) is 25.1 Å². The molecule has 2 aromatic rings. The first-order valence-electron chi connectivity index (χ1n) is 5.38. The zero-order valence-electron chi connectivity index (χ0n) is 9.50. The molecular formula is C12H13ClN2O2. The average Bonchev–Trinajstić information content (AvgIpc) is 2.70. The Kier molecular flexibility index (Phi) is 3.64. The van der Waals surface area contributed by atoms with E-state index in [9.17, 15) is 4.79 Å². The van der Waals surface area contributed by atoms with E-state index in [0.29, 0.717) is 18.9 Å². The smallest absolute Gasteiger partial charge is 0.234 e. The summed E-state index contributed by atoms with van der Waals surface area (Å²) in [5.41, 5.74) is 2.71. The SMILES string of the molecule is Cc1nc2c(CCNC(=O)CCl)cccc2o1. The summed E-state index contributed by atoms with van der Waals surface area (Å²) >= 11 is 5.39. The lowest BCUT2D eigenvalue weighted by Gasteiger charge is -2.03. The molecule has 1 aromatic carbocycles. The number of rotatable bonds is 4. The summed E-state index contributed by atoms with van der Waals surface area (Å²) in [6.07, 6.45) is 0.714. The van der Waals surface area contributed by atoms with E-state index in [4.69, 9.17) is 16.0 Å². The van der Waals surface area contributed by atoms with Crippen molar-refractivity contribution in [1.82, 2.24) is 10.3 Å². The molecule has 0 bridgehead atoms. The fourth-order valence-electron chi connectivity index (χ4n) is 1.70. The number of carbonyl (C=O) groups excluding carboxylic acids is 1. The number of nitrogens with one attached hydrogen (secondary N) is 1. The van der Waals surface area contributed by atoms with Crippen LogP contribution in [-0.4, -0.2) is 23.3 Å². The van der Waals surface area contributed by atoms with Crippen LogP contribution in [0.15, 0.2) is 22.6 Å². The van der Waals surface area contributed by atoms with Gasteiger partial charge in [-0.25, -0.2) is 4.98 Å². The van der Waals surface area contributed by atoms with Gasteiger partial charge < -0.3 is 9.73 Å². The van der Waals surface area contributed by atoms with Gasteiger partial charge in [0.15, 0.2) is 11.5 Å². The van der Waals surface area contributed by atoms with Crippen molar-refractivity contribution in [3.8, 4) is 0 Å². The summed E-state index contributed by atoms with van der Waals surface area (Å²) in [6.45, 7) is 2.37. The van der Waals surface area contributed by atoms with Gasteiger partial charge in [0.1, 0.15) is 11.4 Å². The quantitative estimate of drug-likeness (QED) is 0.848. The van der Waals surface area contributed by atoms with E-state index >= 15 is 0 Å². The number of hydrogen-bond acceptors (Lipinski definition) is 3. The molecule has 2 rings (SSSR count). The van der Waals surface area contributed by atoms with Gasteiger partial charge >= 0.3 is 0 Å². The number of fused-ring (bicyclic) bond motifs is 1. The second-order valence-electron chi connectivity index (χ2n) is 3.73. The number of para-hydroxylation sites is 1. The van der Waals surface area contributed by atoms with Crippen molar-refractivity contribution in [1.29, 1.82) is 0 Å². The summed E-state index contributed by atoms with van der Waals surface area (Å²) in [5, 5.41) is 2.72. The average molecular weight is 253 g/mol. The maximum atomic E-state index is 11.0. The Morgan fingerprint density at radius 1 is 1.53 bits per heavy atom. The topological polar surface area (TPSA) is 55.1 Å². The molecule has 1 aromatic heterocycles. The van der Waals surface area contributed by atoms with Crippen LogP contribution in [0.3, 0.4) is 0 Å². The number of carbonyl (C=O) groups is 1. The Bertz CT molecular complexity index is 536. The molecule has 0 aliphatic carbocycles. The molecule has 1 N–H and O–H groups in total. The lowest BCUT2D eigenvalue weighted by Crippen LogP contribution is -2.26. The molecule has 5 heteroatoms. The van der Waals surface area contributed by atoms with Crippen LogP contribution in [0.2, 0.25) is 0 Å². The number of aryl methyl sites for hydroxylation is 1. The lowest BCUT2D eigenvalue weighted by atomic mass is 10.1. The van der Waals surface area contributed by atoms with Crippen molar-refractivity contribution in [2.24, 2.45) is 0 Å². The molecule has 0 saturated carbocycles. The van der Waals surface area contributed by atoms with Crippen molar-refractivity contribution >= 4 is 28.6 Å². The molecule has 17 heavy (non-hydrogen) atoms. The van der Waals surface area contributed by atoms with Crippen LogP contribution < -0.4 is 5.32 Å². The second kappa shape index (κ2) is 5.19. The predicted molar refractivity (Wildman–Crippen MR) is 66.2 cm³/mol. The van der Waals surface area contributed by atoms with Gasteiger partial charge in [0.05, 0.1) is 0 Å². The van der Waals surface area contributed by atoms with E-state index in [-0.39, 0.29) is 11.8 Å². The zero-order chi connectivity index (χ0) is 12.3. The van der Waals surface area contributed by atoms with Gasteiger partial charge in [0.25, 0.3) is 0 Å². The minimum atomic E-state index is -0.157. The highest BCUT2D eigenvalue weighted by atomic mass is 35.5. The molecule has 0 radical (unpaired) electrons. The first kappa shape index (κ1) is 11.9. The number of amides is 1. The Balaban J connectivity index is 2.10. The van der Waals surface area contributed by atoms with E-state index in [1.165, 1.54) is 0 Å². The van der Waals surface area contributed by atoms with Gasteiger partial charge in [-0.1, -0.05) is 12.1 Å². The minimum absolute atomic E-state index is 0.00668. The van der Waals surface area contributed by atoms with Gasteiger partial charge in [-0.3, -0.25) is 4.79 Å². The molecule has 0 aliphatic heterocycles. The molecule has 90 valence electrons. The summed E-state index contributed by atoms with van der Waals surface area (Å²) in [7, 11) is 0. The largest absolute Gasteiger partial charge is 0.441 e. The predicted octanol–water partition coefficient (Wildman–Crippen LogP) is 2.03. The van der Waals surface area contributed by atoms with Crippen LogP contribution in [0.1, 0.15) is 11.5 Å². The van der Waals surface area contributed by atoms with Gasteiger partial charge in [-0.15, -0.1) is 11.6 Å². The normalized spacial score (nSPS) is 10.7. The molecule has 1 heterocycles. The van der Waals surface area contributed by atoms with Crippen molar-refractivity contribution in [3.05, 3.63) is 29.7 Å². The highest BCUT2D eigenvalue weighted by Crippen LogP contribution is 2.19. The zero-order valence-corrected chi connectivity index (χ0v) is 10.3. The van der Waals surface area contributed by atoms with E-state index in [0.717, 1.165) is 16.7 Å². The van der Waals surface area contributed by atoms with E-state index < -0.39 is 0 Å². The second-order valence-corrected chi connectivity index (χ2v) is 4.00. The van der Waals surface area contributed by atoms with Crippen LogP contribution in [0.25, 0.3) is 11.1 Å². The fourth-order valence-corrected chi connectivity index (χ4v) is 1.80. The minimum Gasteiger partial charge on any atom is -0.441 e. The third kappa shape index (κ3) is 2.77. The number of aromatic nitrogens is 1. The molecule has 4 nitrogen and oxygen atoms in total. The summed E-state index contributed by atoms with van der Waals surface area (Å²) in [4.78, 5) is 15.3. The van der Waals surface area contributed by atoms with Crippen LogP contribution in [0, 0.1) is 6.92 Å². The van der Waals surface area contributed by atoms with Gasteiger partial charge in [0.2, 0.25) is 5.91 Å². The molecule has 1 amide bonds. The maximum absolute atomic E-state index is 11.0. The summed E-state index contributed by atoms with van der Waals surface area (Å²) in [5.74, 6) is 0.486. The van der Waals surface area contributed by atoms with Gasteiger partial charge in [-0.05, 0) is 18.1 Å². The molecule has 0 aliphatic rings. The van der Waals surface area contributed by atoms with Crippen LogP contribution in [0.4, 0.5) is 0 Å². The number of hydrogen-bond donors (Lipinski definition) is 1. The third-order valence-corrected chi connectivity index (χ3v) is 2.69. The Morgan fingerprint density at radius 3 is 3.12 bits per heavy atom. The highest BCUT2D eigenvalue weighted by molar-refractivity contribution is 6.27. The first-order valence-corrected chi connectivity index (χ1v) is 5.92. The van der Waals surface area contributed by atoms with Crippen molar-refractivity contribution < 1.29 is 9.21 Å². The standard InChI is InChI=1S/C12H13ClN2O2/c1-8-15-12-9(3-2-4-10(12)17-8)5-6-14-11(16)7-13/h2-4H,5-7H2,1H3,(H,14,16). The molecular weight excluding hydrogens is 240 g/mol. The summed E-state index contributed by atoms with van der Waals surface area (Å²) in [6, 6.07) is 5.79. The Morgan fingerprint density at radius 2 is 2.35 bits per heavy atom. The van der Waals surface area contributed by atoms with Crippen LogP contribution in [0.5, 0.6) is 0 Å². The third-order valence-electron chi connectivity index (χ3n) is 2.45. The van der Waals surface area contributed by atoms with Crippen molar-refractivity contribution in [2.75, 3.05) is 12.4 Å². The Hall–Kier alpha value is -1.55. The summed E-state index contributed by atoms with van der Waals surface area (Å²) < 4.78 is 5.44. The van der Waals surface area contributed by atoms with Crippen molar-refractivity contribution in [3.63, 3.8) is 0 Å². The number of benzene rings is 1. The van der Waals surface area contributed by atoms with E-state index in [2.05, 4.69) is 10.3 Å². The number of alkyl halides is 1. The van der Waals surface area contributed by atoms with Gasteiger partial charge in [-0.2, -0.15) is 0 Å². The van der Waals surface area contributed by atoms with Gasteiger partial charge in [0, 0.05) is 13.5 Å². The lowest BCUT2D eigenvalue weighted by molar-refractivity contribution is -0.118. The molecule has 0 unspecified atom stereocenters. The molecule has 0 fully saturated rings. The molecule has 0 spiro atoms. The monoisotopic (exact) mass is 252 g/mol. The molecule has 0 saturated heterocycles. The fraction of sp³-hybridized carbons (Fsp3) is 0.333. The van der Waals surface area contributed by atoms with Crippen LogP contribution in [-0.2, 0) is 11.2 Å². The Labute approximate surface area is 104 Å². The first-order chi connectivity index (χ1) is 8.20. The maximum Gasteiger partial charge on any atom is 0.234 e. The number of oxazole rings is 1.